The zero-order valence-corrected chi connectivity index (χ0v) is 10.0. The molecule has 0 atom stereocenters. The molecule has 18 heavy (non-hydrogen) atoms. The van der Waals surface area contributed by atoms with Crippen LogP contribution >= 0.6 is 11.6 Å². The molecule has 5 heteroatoms. The van der Waals surface area contributed by atoms with Crippen LogP contribution in [0.25, 0.3) is 11.2 Å². The molecule has 4 nitrogen and oxygen atoms in total. The zero-order chi connectivity index (χ0) is 12.4. The van der Waals surface area contributed by atoms with Gasteiger partial charge in [-0.25, -0.2) is 15.0 Å². The summed E-state index contributed by atoms with van der Waals surface area (Å²) in [6.45, 7) is 0. The molecule has 0 radical (unpaired) electrons. The Morgan fingerprint density at radius 3 is 2.67 bits per heavy atom. The maximum Gasteiger partial charge on any atom is 0.183 e. The molecule has 3 aromatic rings. The van der Waals surface area contributed by atoms with E-state index in [2.05, 4.69) is 15.0 Å². The number of nitrogens with zero attached hydrogens (tertiary/aromatic N) is 3. The minimum absolute atomic E-state index is 0.312. The summed E-state index contributed by atoms with van der Waals surface area (Å²) in [4.78, 5) is 12.4. The Morgan fingerprint density at radius 1 is 1.00 bits per heavy atom. The fraction of sp³-hybridized carbons (Fsp3) is 0. The van der Waals surface area contributed by atoms with E-state index < -0.39 is 0 Å². The van der Waals surface area contributed by atoms with Gasteiger partial charge in [0, 0.05) is 12.3 Å². The molecule has 0 fully saturated rings. The van der Waals surface area contributed by atoms with E-state index in [1.54, 1.807) is 12.3 Å². The van der Waals surface area contributed by atoms with Gasteiger partial charge in [-0.05, 0) is 12.1 Å². The molecule has 0 saturated heterocycles. The van der Waals surface area contributed by atoms with Crippen LogP contribution in [0.15, 0.2) is 48.8 Å². The summed E-state index contributed by atoms with van der Waals surface area (Å²) < 4.78 is 5.75. The van der Waals surface area contributed by atoms with Gasteiger partial charge in [-0.1, -0.05) is 29.8 Å². The first-order valence-corrected chi connectivity index (χ1v) is 5.71. The van der Waals surface area contributed by atoms with E-state index in [1.165, 1.54) is 6.20 Å². The lowest BCUT2D eigenvalue weighted by Gasteiger charge is -2.06. The van der Waals surface area contributed by atoms with E-state index in [-0.39, 0.29) is 0 Å². The molecule has 0 bridgehead atoms. The van der Waals surface area contributed by atoms with Crippen molar-refractivity contribution in [3.05, 3.63) is 53.9 Å². The van der Waals surface area contributed by atoms with Crippen molar-refractivity contribution in [1.29, 1.82) is 0 Å². The highest BCUT2D eigenvalue weighted by Gasteiger charge is 2.07. The molecule has 0 aliphatic heterocycles. The number of aromatic nitrogens is 3. The predicted octanol–water partition coefficient (Wildman–Crippen LogP) is 3.47. The van der Waals surface area contributed by atoms with Crippen LogP contribution in [0.4, 0.5) is 0 Å². The third kappa shape index (κ3) is 2.10. The molecule has 0 amide bonds. The fourth-order valence-electron chi connectivity index (χ4n) is 1.57. The number of hydrogen-bond donors (Lipinski definition) is 0. The summed E-state index contributed by atoms with van der Waals surface area (Å²) in [6, 6.07) is 11.2. The number of ether oxygens (including phenoxy) is 1. The largest absolute Gasteiger partial charge is 0.455 e. The second kappa shape index (κ2) is 4.58. The predicted molar refractivity (Wildman–Crippen MR) is 68.9 cm³/mol. The quantitative estimate of drug-likeness (QED) is 0.705. The van der Waals surface area contributed by atoms with Gasteiger partial charge in [0.15, 0.2) is 16.9 Å². The van der Waals surface area contributed by atoms with Crippen molar-refractivity contribution < 1.29 is 4.74 Å². The Bertz CT molecular complexity index is 688. The Balaban J connectivity index is 2.07. The molecule has 1 aromatic carbocycles. The van der Waals surface area contributed by atoms with Crippen molar-refractivity contribution in [2.45, 2.75) is 0 Å². The minimum Gasteiger partial charge on any atom is -0.455 e. The Morgan fingerprint density at radius 2 is 1.83 bits per heavy atom. The number of hydrogen-bond acceptors (Lipinski definition) is 4. The van der Waals surface area contributed by atoms with E-state index in [9.17, 15) is 0 Å². The van der Waals surface area contributed by atoms with Crippen molar-refractivity contribution in [3.63, 3.8) is 0 Å². The Hall–Kier alpha value is -2.20. The zero-order valence-electron chi connectivity index (χ0n) is 9.25. The number of benzene rings is 1. The van der Waals surface area contributed by atoms with Crippen molar-refractivity contribution in [1.82, 2.24) is 15.0 Å². The highest BCUT2D eigenvalue weighted by atomic mass is 35.5. The average molecular weight is 258 g/mol. The van der Waals surface area contributed by atoms with Gasteiger partial charge in [-0.15, -0.1) is 0 Å². The number of pyridine rings is 1. The second-order valence-electron chi connectivity index (χ2n) is 3.59. The Kier molecular flexibility index (Phi) is 2.78. The van der Waals surface area contributed by atoms with Crippen LogP contribution in [0.1, 0.15) is 0 Å². The third-order valence-electron chi connectivity index (χ3n) is 2.35. The van der Waals surface area contributed by atoms with Crippen molar-refractivity contribution in [2.75, 3.05) is 0 Å². The van der Waals surface area contributed by atoms with E-state index in [4.69, 9.17) is 16.3 Å². The summed E-state index contributed by atoms with van der Waals surface area (Å²) in [5.74, 6) is 1.34. The lowest BCUT2D eigenvalue weighted by Crippen LogP contribution is -1.92. The van der Waals surface area contributed by atoms with Gasteiger partial charge in [-0.2, -0.15) is 0 Å². The summed E-state index contributed by atoms with van der Waals surface area (Å²) in [5.41, 5.74) is 1.06. The maximum absolute atomic E-state index is 5.78. The molecular weight excluding hydrogens is 250 g/mol. The first-order chi connectivity index (χ1) is 8.83. The number of rotatable bonds is 2. The van der Waals surface area contributed by atoms with Crippen molar-refractivity contribution >= 4 is 22.8 Å². The van der Waals surface area contributed by atoms with Gasteiger partial charge in [0.05, 0.1) is 6.20 Å². The highest BCUT2D eigenvalue weighted by molar-refractivity contribution is 6.29. The van der Waals surface area contributed by atoms with Crippen molar-refractivity contribution in [3.8, 4) is 11.5 Å². The molecule has 2 aromatic heterocycles. The SMILES string of the molecule is Clc1cnc2c(Oc3ccccc3)ccnc2n1. The van der Waals surface area contributed by atoms with E-state index in [1.807, 2.05) is 30.3 Å². The topological polar surface area (TPSA) is 47.9 Å². The maximum atomic E-state index is 5.78. The average Bonchev–Trinajstić information content (AvgIpc) is 2.40. The summed E-state index contributed by atoms with van der Waals surface area (Å²) in [6.07, 6.45) is 3.09. The molecule has 0 aliphatic rings. The smallest absolute Gasteiger partial charge is 0.183 e. The normalized spacial score (nSPS) is 10.5. The molecule has 0 spiro atoms. The van der Waals surface area contributed by atoms with Crippen LogP contribution in [0, 0.1) is 0 Å². The first-order valence-electron chi connectivity index (χ1n) is 5.33. The van der Waals surface area contributed by atoms with E-state index in [0.717, 1.165) is 5.75 Å². The van der Waals surface area contributed by atoms with Gasteiger partial charge in [0.25, 0.3) is 0 Å². The number of para-hydroxylation sites is 1. The van der Waals surface area contributed by atoms with Crippen LogP contribution in [0.3, 0.4) is 0 Å². The van der Waals surface area contributed by atoms with Crippen molar-refractivity contribution in [2.24, 2.45) is 0 Å². The van der Waals surface area contributed by atoms with Gasteiger partial charge in [-0.3, -0.25) is 0 Å². The van der Waals surface area contributed by atoms with Crippen LogP contribution in [-0.2, 0) is 0 Å². The summed E-state index contributed by atoms with van der Waals surface area (Å²) in [7, 11) is 0. The van der Waals surface area contributed by atoms with Crippen LogP contribution in [0.5, 0.6) is 11.5 Å². The summed E-state index contributed by atoms with van der Waals surface area (Å²) in [5, 5.41) is 0.312. The number of fused-ring (bicyclic) bond motifs is 1. The minimum atomic E-state index is 0.312. The molecule has 0 saturated carbocycles. The molecule has 88 valence electrons. The molecule has 2 heterocycles. The highest BCUT2D eigenvalue weighted by Crippen LogP contribution is 2.26. The first kappa shape index (κ1) is 10.9. The molecule has 3 rings (SSSR count). The van der Waals surface area contributed by atoms with Gasteiger partial charge in [0.1, 0.15) is 10.9 Å². The van der Waals surface area contributed by atoms with Gasteiger partial charge >= 0.3 is 0 Å². The summed E-state index contributed by atoms with van der Waals surface area (Å²) >= 11 is 5.78. The molecule has 0 unspecified atom stereocenters. The molecule has 0 N–H and O–H groups in total. The lowest BCUT2D eigenvalue weighted by molar-refractivity contribution is 0.486. The molecule has 0 aliphatic carbocycles. The van der Waals surface area contributed by atoms with Gasteiger partial charge < -0.3 is 4.74 Å². The van der Waals surface area contributed by atoms with Crippen LogP contribution in [0.2, 0.25) is 5.15 Å². The second-order valence-corrected chi connectivity index (χ2v) is 3.98. The Labute approximate surface area is 108 Å². The monoisotopic (exact) mass is 257 g/mol. The van der Waals surface area contributed by atoms with Crippen LogP contribution in [-0.4, -0.2) is 15.0 Å². The third-order valence-corrected chi connectivity index (χ3v) is 2.53. The van der Waals surface area contributed by atoms with Gasteiger partial charge in [0.2, 0.25) is 0 Å². The van der Waals surface area contributed by atoms with E-state index in [0.29, 0.717) is 22.1 Å². The lowest BCUT2D eigenvalue weighted by atomic mass is 10.3. The van der Waals surface area contributed by atoms with E-state index >= 15 is 0 Å². The molecular formula is C13H8ClN3O. The van der Waals surface area contributed by atoms with Crippen LogP contribution < -0.4 is 4.74 Å². The number of halogens is 1. The standard InChI is InChI=1S/C13H8ClN3O/c14-11-8-16-12-10(6-7-15-13(12)17-11)18-9-4-2-1-3-5-9/h1-8H. The fourth-order valence-corrected chi connectivity index (χ4v) is 1.70.